The van der Waals surface area contributed by atoms with E-state index < -0.39 is 17.3 Å². The smallest absolute Gasteiger partial charge is 0.201 e. The van der Waals surface area contributed by atoms with Crippen LogP contribution >= 0.6 is 0 Å². The molecule has 23 heavy (non-hydrogen) atoms. The third-order valence-corrected chi connectivity index (χ3v) is 3.91. The minimum absolute atomic E-state index is 0.0166. The second kappa shape index (κ2) is 5.05. The highest BCUT2D eigenvalue weighted by atomic mass is 16.3. The summed E-state index contributed by atoms with van der Waals surface area (Å²) < 4.78 is 0. The molecule has 5 heteroatoms. The summed E-state index contributed by atoms with van der Waals surface area (Å²) in [5.74, 6) is -2.41. The lowest BCUT2D eigenvalue weighted by Gasteiger charge is -2.20. The standard InChI is InChI=1S/C18H14O5/c1-8(2)16(21)9-6-11-15(13(20)7-9)18(23)14-10(17(11)22)4-3-5-12(14)19/h3-8,19-20H,1-2H3. The van der Waals surface area contributed by atoms with Crippen molar-refractivity contribution in [1.29, 1.82) is 0 Å². The number of carbonyl (C=O) groups excluding carboxylic acids is 3. The lowest BCUT2D eigenvalue weighted by Crippen LogP contribution is -2.22. The first-order valence-corrected chi connectivity index (χ1v) is 7.15. The van der Waals surface area contributed by atoms with Crippen molar-refractivity contribution < 1.29 is 24.6 Å². The highest BCUT2D eigenvalue weighted by Gasteiger charge is 2.35. The van der Waals surface area contributed by atoms with E-state index in [1.165, 1.54) is 30.3 Å². The highest BCUT2D eigenvalue weighted by Crippen LogP contribution is 2.37. The van der Waals surface area contributed by atoms with Crippen LogP contribution in [0.5, 0.6) is 11.5 Å². The number of phenolic OH excluding ortho intramolecular Hbond substituents is 2. The van der Waals surface area contributed by atoms with Gasteiger partial charge in [-0.1, -0.05) is 26.0 Å². The van der Waals surface area contributed by atoms with E-state index >= 15 is 0 Å². The van der Waals surface area contributed by atoms with Gasteiger partial charge in [0, 0.05) is 22.6 Å². The Morgan fingerprint density at radius 2 is 1.57 bits per heavy atom. The molecule has 2 aromatic carbocycles. The molecule has 0 unspecified atom stereocenters. The van der Waals surface area contributed by atoms with E-state index in [0.29, 0.717) is 0 Å². The van der Waals surface area contributed by atoms with Crippen molar-refractivity contribution in [2.45, 2.75) is 13.8 Å². The number of hydrogen-bond acceptors (Lipinski definition) is 5. The molecule has 0 amide bonds. The molecule has 0 radical (unpaired) electrons. The summed E-state index contributed by atoms with van der Waals surface area (Å²) in [5, 5.41) is 20.0. The van der Waals surface area contributed by atoms with Crippen LogP contribution in [-0.2, 0) is 0 Å². The van der Waals surface area contributed by atoms with Gasteiger partial charge in [-0.3, -0.25) is 14.4 Å². The average Bonchev–Trinajstić information content (AvgIpc) is 2.50. The number of rotatable bonds is 2. The molecule has 0 heterocycles. The van der Waals surface area contributed by atoms with Crippen LogP contribution in [0.3, 0.4) is 0 Å². The monoisotopic (exact) mass is 310 g/mol. The fraction of sp³-hybridized carbons (Fsp3) is 0.167. The second-order valence-electron chi connectivity index (χ2n) is 5.79. The third-order valence-electron chi connectivity index (χ3n) is 3.91. The van der Waals surface area contributed by atoms with E-state index in [9.17, 15) is 24.6 Å². The Labute approximate surface area is 132 Å². The fourth-order valence-electron chi connectivity index (χ4n) is 2.76. The number of fused-ring (bicyclic) bond motifs is 2. The lowest BCUT2D eigenvalue weighted by atomic mass is 9.81. The van der Waals surface area contributed by atoms with Crippen LogP contribution in [0, 0.1) is 5.92 Å². The lowest BCUT2D eigenvalue weighted by molar-refractivity contribution is 0.0936. The minimum atomic E-state index is -0.631. The fourth-order valence-corrected chi connectivity index (χ4v) is 2.76. The highest BCUT2D eigenvalue weighted by molar-refractivity contribution is 6.30. The molecule has 0 bridgehead atoms. The maximum Gasteiger partial charge on any atom is 0.201 e. The average molecular weight is 310 g/mol. The Bertz CT molecular complexity index is 877. The molecule has 1 aliphatic carbocycles. The van der Waals surface area contributed by atoms with Crippen LogP contribution in [-0.4, -0.2) is 27.6 Å². The topological polar surface area (TPSA) is 91.7 Å². The van der Waals surface area contributed by atoms with Gasteiger partial charge in [0.25, 0.3) is 0 Å². The van der Waals surface area contributed by atoms with Crippen molar-refractivity contribution >= 4 is 17.3 Å². The molecule has 116 valence electrons. The predicted molar refractivity (Wildman–Crippen MR) is 82.2 cm³/mol. The third kappa shape index (κ3) is 2.12. The van der Waals surface area contributed by atoms with Crippen LogP contribution in [0.2, 0.25) is 0 Å². The molecule has 0 atom stereocenters. The number of carbonyl (C=O) groups is 3. The van der Waals surface area contributed by atoms with Gasteiger partial charge in [-0.15, -0.1) is 0 Å². The number of hydrogen-bond donors (Lipinski definition) is 2. The Hall–Kier alpha value is -2.95. The first-order chi connectivity index (χ1) is 10.8. The Balaban J connectivity index is 2.27. The Kier molecular flexibility index (Phi) is 3.29. The summed E-state index contributed by atoms with van der Waals surface area (Å²) in [6.45, 7) is 3.41. The van der Waals surface area contributed by atoms with Gasteiger partial charge in [0.2, 0.25) is 5.78 Å². The first-order valence-electron chi connectivity index (χ1n) is 7.15. The molecule has 0 spiro atoms. The minimum Gasteiger partial charge on any atom is -0.507 e. The van der Waals surface area contributed by atoms with Crippen molar-refractivity contribution in [2.75, 3.05) is 0 Å². The van der Waals surface area contributed by atoms with E-state index in [2.05, 4.69) is 0 Å². The number of Topliss-reactive ketones (excluding diaryl/α,β-unsaturated/α-hetero) is 1. The molecular weight excluding hydrogens is 296 g/mol. The summed E-state index contributed by atoms with van der Waals surface area (Å²) in [5.41, 5.74) is -0.0679. The van der Waals surface area contributed by atoms with Gasteiger partial charge >= 0.3 is 0 Å². The van der Waals surface area contributed by atoms with Crippen molar-refractivity contribution in [3.63, 3.8) is 0 Å². The zero-order valence-electron chi connectivity index (χ0n) is 12.6. The van der Waals surface area contributed by atoms with Crippen molar-refractivity contribution in [3.8, 4) is 11.5 Å². The zero-order valence-corrected chi connectivity index (χ0v) is 12.6. The first kappa shape index (κ1) is 15.0. The summed E-state index contributed by atoms with van der Waals surface area (Å²) in [6, 6.07) is 6.74. The molecule has 0 fully saturated rings. The molecular formula is C18H14O5. The Morgan fingerprint density at radius 3 is 2.22 bits per heavy atom. The van der Waals surface area contributed by atoms with Crippen molar-refractivity contribution in [2.24, 2.45) is 5.92 Å². The number of ketones is 3. The summed E-state index contributed by atoms with van der Waals surface area (Å²) in [7, 11) is 0. The number of phenols is 2. The van der Waals surface area contributed by atoms with Crippen molar-refractivity contribution in [1.82, 2.24) is 0 Å². The van der Waals surface area contributed by atoms with Crippen LogP contribution in [0.15, 0.2) is 30.3 Å². The summed E-state index contributed by atoms with van der Waals surface area (Å²) in [6.07, 6.45) is 0. The second-order valence-corrected chi connectivity index (χ2v) is 5.79. The normalized spacial score (nSPS) is 13.0. The van der Waals surface area contributed by atoms with E-state index in [4.69, 9.17) is 0 Å². The quantitative estimate of drug-likeness (QED) is 0.710. The van der Waals surface area contributed by atoms with Crippen molar-refractivity contribution in [3.05, 3.63) is 58.1 Å². The summed E-state index contributed by atoms with van der Waals surface area (Å²) in [4.78, 5) is 37.3. The van der Waals surface area contributed by atoms with Gasteiger partial charge in [0.15, 0.2) is 11.6 Å². The molecule has 2 aromatic rings. The molecule has 2 N–H and O–H groups in total. The van der Waals surface area contributed by atoms with E-state index in [1.807, 2.05) is 0 Å². The molecule has 3 rings (SSSR count). The molecule has 5 nitrogen and oxygen atoms in total. The van der Waals surface area contributed by atoms with Gasteiger partial charge in [0.05, 0.1) is 11.1 Å². The van der Waals surface area contributed by atoms with Gasteiger partial charge in [-0.25, -0.2) is 0 Å². The Morgan fingerprint density at radius 1 is 0.913 bits per heavy atom. The van der Waals surface area contributed by atoms with Crippen LogP contribution in [0.4, 0.5) is 0 Å². The SMILES string of the molecule is CC(C)C(=O)c1cc(O)c2c(c1)C(=O)c1cccc(O)c1C2=O. The molecule has 0 aliphatic heterocycles. The maximum atomic E-state index is 12.6. The van der Waals surface area contributed by atoms with E-state index in [1.54, 1.807) is 13.8 Å². The van der Waals surface area contributed by atoms with E-state index in [-0.39, 0.29) is 45.3 Å². The zero-order chi connectivity index (χ0) is 16.9. The molecule has 0 saturated carbocycles. The van der Waals surface area contributed by atoms with Gasteiger partial charge in [-0.2, -0.15) is 0 Å². The van der Waals surface area contributed by atoms with Gasteiger partial charge < -0.3 is 10.2 Å². The molecule has 0 aromatic heterocycles. The summed E-state index contributed by atoms with van der Waals surface area (Å²) >= 11 is 0. The van der Waals surface area contributed by atoms with Gasteiger partial charge in [0.1, 0.15) is 11.5 Å². The molecule has 1 aliphatic rings. The number of benzene rings is 2. The largest absolute Gasteiger partial charge is 0.507 e. The number of aromatic hydroxyl groups is 2. The molecule has 0 saturated heterocycles. The predicted octanol–water partition coefficient (Wildman–Crippen LogP) is 2.71. The van der Waals surface area contributed by atoms with Crippen LogP contribution in [0.25, 0.3) is 0 Å². The maximum absolute atomic E-state index is 12.6. The van der Waals surface area contributed by atoms with Gasteiger partial charge in [-0.05, 0) is 18.2 Å². The van der Waals surface area contributed by atoms with Crippen LogP contribution < -0.4 is 0 Å². The van der Waals surface area contributed by atoms with Crippen LogP contribution in [0.1, 0.15) is 56.0 Å². The van der Waals surface area contributed by atoms with E-state index in [0.717, 1.165) is 0 Å².